The molecule has 1 aliphatic carbocycles. The number of nitriles is 1. The van der Waals surface area contributed by atoms with Crippen molar-refractivity contribution in [3.8, 4) is 6.07 Å². The second kappa shape index (κ2) is 5.94. The molecule has 1 aromatic rings. The van der Waals surface area contributed by atoms with Crippen molar-refractivity contribution in [3.05, 3.63) is 28.2 Å². The summed E-state index contributed by atoms with van der Waals surface area (Å²) in [6.07, 6.45) is 4.26. The van der Waals surface area contributed by atoms with E-state index in [-0.39, 0.29) is 12.1 Å². The first-order valence-corrected chi connectivity index (χ1v) is 7.46. The molecule has 0 amide bonds. The average molecular weight is 323 g/mol. The Kier molecular flexibility index (Phi) is 4.49. The molecule has 0 aromatic heterocycles. The first-order valence-electron chi connectivity index (χ1n) is 6.67. The predicted octanol–water partition coefficient (Wildman–Crippen LogP) is 3.67. The maximum absolute atomic E-state index is 9.73. The minimum atomic E-state index is -0.208. The number of hydrogen-bond acceptors (Lipinski definition) is 3. The molecule has 1 aliphatic rings. The van der Waals surface area contributed by atoms with Gasteiger partial charge in [-0.3, -0.25) is 0 Å². The summed E-state index contributed by atoms with van der Waals surface area (Å²) >= 11 is 3.40. The zero-order chi connectivity index (χ0) is 13.9. The van der Waals surface area contributed by atoms with Crippen molar-refractivity contribution < 1.29 is 5.11 Å². The van der Waals surface area contributed by atoms with Gasteiger partial charge in [-0.25, -0.2) is 0 Å². The van der Waals surface area contributed by atoms with Crippen LogP contribution in [0.2, 0.25) is 0 Å². The van der Waals surface area contributed by atoms with Crippen LogP contribution in [0.15, 0.2) is 22.7 Å². The minimum absolute atomic E-state index is 0.150. The molecular formula is C15H19BrN2O. The molecule has 0 radical (unpaired) electrons. The van der Waals surface area contributed by atoms with Gasteiger partial charge in [0, 0.05) is 10.2 Å². The molecule has 2 rings (SSSR count). The zero-order valence-electron chi connectivity index (χ0n) is 11.1. The first kappa shape index (κ1) is 14.4. The molecule has 0 aliphatic heterocycles. The van der Waals surface area contributed by atoms with Crippen LogP contribution in [0.3, 0.4) is 0 Å². The number of benzene rings is 1. The average Bonchev–Trinajstić information content (AvgIpc) is 2.42. The van der Waals surface area contributed by atoms with E-state index in [0.717, 1.165) is 41.8 Å². The number of rotatable bonds is 3. The summed E-state index contributed by atoms with van der Waals surface area (Å²) in [5, 5.41) is 22.1. The number of nitrogens with zero attached hydrogens (tertiary/aromatic N) is 1. The van der Waals surface area contributed by atoms with Crippen molar-refractivity contribution in [1.82, 2.24) is 0 Å². The van der Waals surface area contributed by atoms with Crippen LogP contribution in [0, 0.1) is 17.2 Å². The van der Waals surface area contributed by atoms with E-state index >= 15 is 0 Å². The quantitative estimate of drug-likeness (QED) is 0.892. The second-order valence-corrected chi connectivity index (χ2v) is 6.41. The van der Waals surface area contributed by atoms with E-state index in [1.54, 1.807) is 6.07 Å². The van der Waals surface area contributed by atoms with E-state index in [4.69, 9.17) is 5.26 Å². The Balaban J connectivity index is 2.15. The smallest absolute Gasteiger partial charge is 0.100 e. The summed E-state index contributed by atoms with van der Waals surface area (Å²) in [7, 11) is 0. The molecule has 1 fully saturated rings. The van der Waals surface area contributed by atoms with E-state index in [9.17, 15) is 5.11 Å². The van der Waals surface area contributed by atoms with Crippen LogP contribution in [-0.2, 0) is 0 Å². The lowest BCUT2D eigenvalue weighted by atomic mass is 9.77. The van der Waals surface area contributed by atoms with E-state index < -0.39 is 0 Å². The fourth-order valence-electron chi connectivity index (χ4n) is 2.63. The normalized spacial score (nSPS) is 26.7. The van der Waals surface area contributed by atoms with E-state index in [1.165, 1.54) is 0 Å². The Bertz CT molecular complexity index is 487. The van der Waals surface area contributed by atoms with Gasteiger partial charge in [-0.05, 0) is 65.7 Å². The van der Waals surface area contributed by atoms with Gasteiger partial charge < -0.3 is 10.4 Å². The number of halogens is 1. The topological polar surface area (TPSA) is 56.0 Å². The van der Waals surface area contributed by atoms with Crippen LogP contribution in [-0.4, -0.2) is 17.3 Å². The predicted molar refractivity (Wildman–Crippen MR) is 79.9 cm³/mol. The van der Waals surface area contributed by atoms with Crippen molar-refractivity contribution >= 4 is 21.6 Å². The zero-order valence-corrected chi connectivity index (χ0v) is 12.7. The Morgan fingerprint density at radius 3 is 2.68 bits per heavy atom. The van der Waals surface area contributed by atoms with Crippen molar-refractivity contribution in [2.24, 2.45) is 5.92 Å². The molecule has 1 aromatic carbocycles. The third kappa shape index (κ3) is 3.29. The van der Waals surface area contributed by atoms with Crippen LogP contribution < -0.4 is 5.32 Å². The standard InChI is InChI=1S/C15H19BrN2O/c1-11-4-6-15(10-19,7-5-11)18-13-3-2-12(9-17)14(16)8-13/h2-3,8,11,18-19H,4-7,10H2,1H3. The van der Waals surface area contributed by atoms with Gasteiger partial charge in [0.25, 0.3) is 0 Å². The largest absolute Gasteiger partial charge is 0.394 e. The molecular weight excluding hydrogens is 304 g/mol. The van der Waals surface area contributed by atoms with Gasteiger partial charge >= 0.3 is 0 Å². The molecule has 0 bridgehead atoms. The highest BCUT2D eigenvalue weighted by Gasteiger charge is 2.33. The molecule has 0 heterocycles. The molecule has 0 saturated heterocycles. The maximum Gasteiger partial charge on any atom is 0.100 e. The Morgan fingerprint density at radius 1 is 1.47 bits per heavy atom. The Hall–Kier alpha value is -1.05. The van der Waals surface area contributed by atoms with Crippen LogP contribution in [0.4, 0.5) is 5.69 Å². The maximum atomic E-state index is 9.73. The number of hydrogen-bond donors (Lipinski definition) is 2. The molecule has 0 atom stereocenters. The summed E-state index contributed by atoms with van der Waals surface area (Å²) in [6.45, 7) is 2.41. The molecule has 0 unspecified atom stereocenters. The van der Waals surface area contributed by atoms with Crippen molar-refractivity contribution in [3.63, 3.8) is 0 Å². The summed E-state index contributed by atoms with van der Waals surface area (Å²) in [6, 6.07) is 7.74. The van der Waals surface area contributed by atoms with Crippen LogP contribution >= 0.6 is 15.9 Å². The van der Waals surface area contributed by atoms with E-state index in [2.05, 4.69) is 34.2 Å². The fraction of sp³-hybridized carbons (Fsp3) is 0.533. The van der Waals surface area contributed by atoms with Gasteiger partial charge in [-0.2, -0.15) is 5.26 Å². The SMILES string of the molecule is CC1CCC(CO)(Nc2ccc(C#N)c(Br)c2)CC1. The number of anilines is 1. The third-order valence-electron chi connectivity index (χ3n) is 4.03. The van der Waals surface area contributed by atoms with Crippen molar-refractivity contribution in [1.29, 1.82) is 5.26 Å². The fourth-order valence-corrected chi connectivity index (χ4v) is 3.09. The van der Waals surface area contributed by atoms with Gasteiger partial charge in [0.1, 0.15) is 6.07 Å². The van der Waals surface area contributed by atoms with Crippen molar-refractivity contribution in [2.45, 2.75) is 38.1 Å². The number of aliphatic hydroxyl groups excluding tert-OH is 1. The first-order chi connectivity index (χ1) is 9.08. The van der Waals surface area contributed by atoms with Gasteiger partial charge in [0.2, 0.25) is 0 Å². The number of nitrogens with one attached hydrogen (secondary N) is 1. The molecule has 4 heteroatoms. The molecule has 0 spiro atoms. The number of aliphatic hydroxyl groups is 1. The van der Waals surface area contributed by atoms with E-state index in [1.807, 2.05) is 12.1 Å². The lowest BCUT2D eigenvalue weighted by Crippen LogP contribution is -2.45. The lowest BCUT2D eigenvalue weighted by molar-refractivity contribution is 0.155. The minimum Gasteiger partial charge on any atom is -0.394 e. The van der Waals surface area contributed by atoms with Crippen molar-refractivity contribution in [2.75, 3.05) is 11.9 Å². The third-order valence-corrected chi connectivity index (χ3v) is 4.69. The van der Waals surface area contributed by atoms with Gasteiger partial charge in [0.05, 0.1) is 17.7 Å². The highest BCUT2D eigenvalue weighted by atomic mass is 79.9. The summed E-state index contributed by atoms with van der Waals surface area (Å²) in [5.41, 5.74) is 1.37. The highest BCUT2D eigenvalue weighted by molar-refractivity contribution is 9.10. The summed E-state index contributed by atoms with van der Waals surface area (Å²) < 4.78 is 0.789. The van der Waals surface area contributed by atoms with Crippen LogP contribution in [0.5, 0.6) is 0 Å². The summed E-state index contributed by atoms with van der Waals surface area (Å²) in [4.78, 5) is 0. The molecule has 3 nitrogen and oxygen atoms in total. The molecule has 102 valence electrons. The second-order valence-electron chi connectivity index (χ2n) is 5.55. The molecule has 2 N–H and O–H groups in total. The van der Waals surface area contributed by atoms with Gasteiger partial charge in [-0.15, -0.1) is 0 Å². The summed E-state index contributed by atoms with van der Waals surface area (Å²) in [5.74, 6) is 0.745. The van der Waals surface area contributed by atoms with Crippen LogP contribution in [0.25, 0.3) is 0 Å². The highest BCUT2D eigenvalue weighted by Crippen LogP contribution is 2.35. The molecule has 19 heavy (non-hydrogen) atoms. The molecule has 1 saturated carbocycles. The van der Waals surface area contributed by atoms with Crippen LogP contribution in [0.1, 0.15) is 38.2 Å². The van der Waals surface area contributed by atoms with E-state index in [0.29, 0.717) is 5.56 Å². The van der Waals surface area contributed by atoms with Gasteiger partial charge in [0.15, 0.2) is 0 Å². The van der Waals surface area contributed by atoms with Gasteiger partial charge in [-0.1, -0.05) is 6.92 Å². The Morgan fingerprint density at radius 2 is 2.16 bits per heavy atom. The lowest BCUT2D eigenvalue weighted by Gasteiger charge is -2.39. The Labute approximate surface area is 122 Å². The monoisotopic (exact) mass is 322 g/mol.